The van der Waals surface area contributed by atoms with Crippen molar-refractivity contribution in [3.8, 4) is 0 Å². The summed E-state index contributed by atoms with van der Waals surface area (Å²) in [7, 11) is 0. The summed E-state index contributed by atoms with van der Waals surface area (Å²) in [5.74, 6) is 0.658. The maximum Gasteiger partial charge on any atom is 0.167 e. The van der Waals surface area contributed by atoms with Gasteiger partial charge < -0.3 is 10.3 Å². The number of aromatic amines is 1. The third kappa shape index (κ3) is 2.72. The molecule has 3 heterocycles. The monoisotopic (exact) mass is 310 g/mol. The highest BCUT2D eigenvalue weighted by atomic mass is 19.1. The maximum absolute atomic E-state index is 13.8. The zero-order chi connectivity index (χ0) is 15.8. The van der Waals surface area contributed by atoms with Crippen LogP contribution in [0.5, 0.6) is 0 Å². The summed E-state index contributed by atoms with van der Waals surface area (Å²) in [4.78, 5) is 11.8. The van der Waals surface area contributed by atoms with Gasteiger partial charge >= 0.3 is 0 Å². The van der Waals surface area contributed by atoms with Crippen LogP contribution >= 0.6 is 0 Å². The van der Waals surface area contributed by atoms with Crippen LogP contribution in [0.3, 0.4) is 0 Å². The van der Waals surface area contributed by atoms with E-state index in [1.165, 1.54) is 11.8 Å². The van der Waals surface area contributed by atoms with Crippen LogP contribution in [-0.4, -0.2) is 21.0 Å². The fraction of sp³-hybridized carbons (Fsp3) is 0.333. The van der Waals surface area contributed by atoms with E-state index < -0.39 is 0 Å². The molecule has 4 nitrogen and oxygen atoms in total. The van der Waals surface area contributed by atoms with Gasteiger partial charge in [-0.05, 0) is 25.3 Å². The number of benzene rings is 1. The number of halogens is 1. The molecular weight excluding hydrogens is 291 g/mol. The number of hydrogen-bond acceptors (Lipinski definition) is 3. The van der Waals surface area contributed by atoms with E-state index in [0.29, 0.717) is 17.1 Å². The molecule has 0 aliphatic carbocycles. The first-order valence-electron chi connectivity index (χ1n) is 8.01. The maximum atomic E-state index is 13.8. The van der Waals surface area contributed by atoms with Crippen LogP contribution in [-0.2, 0) is 0 Å². The summed E-state index contributed by atoms with van der Waals surface area (Å²) in [5.41, 5.74) is 2.31. The van der Waals surface area contributed by atoms with Gasteiger partial charge in [-0.25, -0.2) is 14.4 Å². The van der Waals surface area contributed by atoms with Gasteiger partial charge in [-0.15, -0.1) is 0 Å². The molecule has 5 heteroatoms. The Morgan fingerprint density at radius 2 is 2.00 bits per heavy atom. The third-order valence-electron chi connectivity index (χ3n) is 4.60. The molecule has 1 aliphatic rings. The molecule has 1 fully saturated rings. The minimum atomic E-state index is -0.315. The van der Waals surface area contributed by atoms with Crippen molar-refractivity contribution in [3.05, 3.63) is 59.9 Å². The summed E-state index contributed by atoms with van der Waals surface area (Å²) < 4.78 is 13.8. The summed E-state index contributed by atoms with van der Waals surface area (Å²) >= 11 is 0. The van der Waals surface area contributed by atoms with Gasteiger partial charge in [0.1, 0.15) is 11.3 Å². The molecule has 0 bridgehead atoms. The summed E-state index contributed by atoms with van der Waals surface area (Å²) in [6.45, 7) is 2.18. The number of H-pyrrole nitrogens is 1. The molecule has 4 rings (SSSR count). The highest BCUT2D eigenvalue weighted by Gasteiger charge is 2.29. The minimum absolute atomic E-state index is 0.232. The Morgan fingerprint density at radius 1 is 1.17 bits per heavy atom. The van der Waals surface area contributed by atoms with Crippen molar-refractivity contribution >= 4 is 11.0 Å². The molecule has 1 aromatic carbocycles. The molecule has 2 aromatic heterocycles. The van der Waals surface area contributed by atoms with E-state index in [9.17, 15) is 4.39 Å². The first kappa shape index (κ1) is 14.3. The average molecular weight is 310 g/mol. The highest BCUT2D eigenvalue weighted by molar-refractivity contribution is 5.74. The van der Waals surface area contributed by atoms with Crippen LogP contribution < -0.4 is 5.32 Å². The van der Waals surface area contributed by atoms with Crippen LogP contribution in [0.15, 0.2) is 42.7 Å². The minimum Gasteiger partial charge on any atom is -0.356 e. The number of rotatable bonds is 2. The lowest BCUT2D eigenvalue weighted by Crippen LogP contribution is -2.38. The van der Waals surface area contributed by atoms with Crippen molar-refractivity contribution in [1.82, 2.24) is 20.3 Å². The van der Waals surface area contributed by atoms with E-state index in [0.717, 1.165) is 18.7 Å². The lowest BCUT2D eigenvalue weighted by molar-refractivity contribution is 0.300. The van der Waals surface area contributed by atoms with E-state index in [1.54, 1.807) is 6.20 Å². The number of piperidine rings is 1. The number of aromatic nitrogens is 3. The molecule has 3 unspecified atom stereocenters. The molecule has 3 aromatic rings. The van der Waals surface area contributed by atoms with E-state index in [4.69, 9.17) is 0 Å². The molecule has 118 valence electrons. The standard InChI is InChI=1S/C18H19FN4/c1-11-7-13(8-15(22-11)12-5-3-2-4-6-12)18-21-10-16-17(23-18)14(19)9-20-16/h2-6,9-11,13,15,20,22H,7-8H2,1H3. The number of hydrogen-bond donors (Lipinski definition) is 2. The molecule has 1 saturated heterocycles. The Balaban J connectivity index is 1.65. The predicted molar refractivity (Wildman–Crippen MR) is 87.6 cm³/mol. The molecule has 1 aliphatic heterocycles. The Hall–Kier alpha value is -2.27. The van der Waals surface area contributed by atoms with E-state index in [-0.39, 0.29) is 17.8 Å². The van der Waals surface area contributed by atoms with Crippen LogP contribution in [0.2, 0.25) is 0 Å². The highest BCUT2D eigenvalue weighted by Crippen LogP contribution is 2.35. The van der Waals surface area contributed by atoms with Crippen molar-refractivity contribution < 1.29 is 4.39 Å². The fourth-order valence-corrected chi connectivity index (χ4v) is 3.50. The molecule has 0 spiro atoms. The Labute approximate surface area is 134 Å². The van der Waals surface area contributed by atoms with Gasteiger partial charge in [-0.3, -0.25) is 0 Å². The van der Waals surface area contributed by atoms with E-state index in [2.05, 4.69) is 51.5 Å². The first-order chi connectivity index (χ1) is 11.2. The Kier molecular flexibility index (Phi) is 3.58. The number of fused-ring (bicyclic) bond motifs is 1. The van der Waals surface area contributed by atoms with Gasteiger partial charge in [0.05, 0.1) is 11.7 Å². The summed E-state index contributed by atoms with van der Waals surface area (Å²) in [6, 6.07) is 11.1. The van der Waals surface area contributed by atoms with Gasteiger partial charge in [0.2, 0.25) is 0 Å². The topological polar surface area (TPSA) is 53.6 Å². The second-order valence-corrected chi connectivity index (χ2v) is 6.33. The smallest absolute Gasteiger partial charge is 0.167 e. The Bertz CT molecular complexity index is 814. The Morgan fingerprint density at radius 3 is 2.83 bits per heavy atom. The van der Waals surface area contributed by atoms with Gasteiger partial charge in [-0.2, -0.15) is 0 Å². The molecule has 0 amide bonds. The summed E-state index contributed by atoms with van der Waals surface area (Å²) in [6.07, 6.45) is 4.90. The molecule has 23 heavy (non-hydrogen) atoms. The number of nitrogens with one attached hydrogen (secondary N) is 2. The van der Waals surface area contributed by atoms with Crippen molar-refractivity contribution in [2.75, 3.05) is 0 Å². The van der Waals surface area contributed by atoms with Gasteiger partial charge in [0.15, 0.2) is 5.82 Å². The van der Waals surface area contributed by atoms with Gasteiger partial charge in [0.25, 0.3) is 0 Å². The van der Waals surface area contributed by atoms with Crippen molar-refractivity contribution in [2.24, 2.45) is 0 Å². The van der Waals surface area contributed by atoms with Crippen molar-refractivity contribution in [1.29, 1.82) is 0 Å². The fourth-order valence-electron chi connectivity index (χ4n) is 3.50. The molecule has 0 radical (unpaired) electrons. The van der Waals surface area contributed by atoms with Crippen LogP contribution in [0, 0.1) is 5.82 Å². The largest absolute Gasteiger partial charge is 0.356 e. The van der Waals surface area contributed by atoms with E-state index in [1.807, 2.05) is 6.07 Å². The van der Waals surface area contributed by atoms with Crippen LogP contribution in [0.4, 0.5) is 4.39 Å². The zero-order valence-electron chi connectivity index (χ0n) is 13.0. The van der Waals surface area contributed by atoms with Crippen LogP contribution in [0.25, 0.3) is 11.0 Å². The van der Waals surface area contributed by atoms with Crippen LogP contribution in [0.1, 0.15) is 43.1 Å². The molecule has 2 N–H and O–H groups in total. The normalized spacial score (nSPS) is 24.9. The second kappa shape index (κ2) is 5.74. The SMILES string of the molecule is CC1CC(c2ncc3[nH]cc(F)c3n2)CC(c2ccccc2)N1. The lowest BCUT2D eigenvalue weighted by atomic mass is 9.85. The second-order valence-electron chi connectivity index (χ2n) is 6.33. The zero-order valence-corrected chi connectivity index (χ0v) is 13.0. The van der Waals surface area contributed by atoms with Crippen molar-refractivity contribution in [3.63, 3.8) is 0 Å². The molecular formula is C18H19FN4. The number of nitrogens with zero attached hydrogens (tertiary/aromatic N) is 2. The quantitative estimate of drug-likeness (QED) is 0.759. The van der Waals surface area contributed by atoms with Crippen molar-refractivity contribution in [2.45, 2.75) is 37.8 Å². The first-order valence-corrected chi connectivity index (χ1v) is 8.01. The lowest BCUT2D eigenvalue weighted by Gasteiger charge is -2.34. The summed E-state index contributed by atoms with van der Waals surface area (Å²) in [5, 5.41) is 3.64. The average Bonchev–Trinajstić information content (AvgIpc) is 2.96. The molecule has 3 atom stereocenters. The van der Waals surface area contributed by atoms with Gasteiger partial charge in [-0.1, -0.05) is 30.3 Å². The van der Waals surface area contributed by atoms with E-state index >= 15 is 0 Å². The van der Waals surface area contributed by atoms with Gasteiger partial charge in [0, 0.05) is 24.2 Å². The predicted octanol–water partition coefficient (Wildman–Crippen LogP) is 3.69. The third-order valence-corrected chi connectivity index (χ3v) is 4.60. The molecule has 0 saturated carbocycles.